The summed E-state index contributed by atoms with van der Waals surface area (Å²) in [6.07, 6.45) is 7.99. The van der Waals surface area contributed by atoms with Gasteiger partial charge in [-0.25, -0.2) is 8.78 Å². The monoisotopic (exact) mass is 531 g/mol. The number of benzene rings is 2. The maximum absolute atomic E-state index is 16.4. The van der Waals surface area contributed by atoms with Crippen LogP contribution in [0.1, 0.15) is 52.4 Å². The second-order valence-corrected chi connectivity index (χ2v) is 10.9. The smallest absolute Gasteiger partial charge is 0.319 e. The number of ether oxygens (including phenoxy) is 1. The summed E-state index contributed by atoms with van der Waals surface area (Å²) in [5, 5.41) is 1.57. The van der Waals surface area contributed by atoms with Crippen molar-refractivity contribution in [3.8, 4) is 17.3 Å². The molecule has 2 fully saturated rings. The molecule has 2 aliphatic rings. The summed E-state index contributed by atoms with van der Waals surface area (Å²) in [6, 6.07) is 10.4. The fourth-order valence-electron chi connectivity index (χ4n) is 6.53. The van der Waals surface area contributed by atoms with E-state index in [1.54, 1.807) is 24.4 Å². The Morgan fingerprint density at radius 1 is 0.974 bits per heavy atom. The minimum Gasteiger partial charge on any atom is -0.461 e. The summed E-state index contributed by atoms with van der Waals surface area (Å²) in [7, 11) is 0. The molecule has 6 nitrogen and oxygen atoms in total. The van der Waals surface area contributed by atoms with Crippen LogP contribution < -0.4 is 9.64 Å². The van der Waals surface area contributed by atoms with Gasteiger partial charge in [0.05, 0.1) is 10.9 Å². The van der Waals surface area contributed by atoms with Crippen LogP contribution in [0.2, 0.25) is 0 Å². The van der Waals surface area contributed by atoms with E-state index in [-0.39, 0.29) is 22.8 Å². The number of hydrogen-bond donors (Lipinski definition) is 0. The highest BCUT2D eigenvalue weighted by atomic mass is 19.1. The lowest BCUT2D eigenvalue weighted by molar-refractivity contribution is 0.108. The van der Waals surface area contributed by atoms with Crippen molar-refractivity contribution in [2.75, 3.05) is 37.7 Å². The van der Waals surface area contributed by atoms with E-state index in [0.717, 1.165) is 51.9 Å². The predicted molar refractivity (Wildman–Crippen MR) is 151 cm³/mol. The number of halogens is 2. The molecule has 4 heterocycles. The van der Waals surface area contributed by atoms with Gasteiger partial charge in [0, 0.05) is 30.2 Å². The van der Waals surface area contributed by atoms with Crippen molar-refractivity contribution in [3.63, 3.8) is 0 Å². The highest BCUT2D eigenvalue weighted by molar-refractivity contribution is 5.99. The third kappa shape index (κ3) is 4.58. The lowest BCUT2D eigenvalue weighted by atomic mass is 9.95. The molecule has 204 valence electrons. The summed E-state index contributed by atoms with van der Waals surface area (Å²) in [6.45, 7) is 8.46. The minimum atomic E-state index is -0.591. The first kappa shape index (κ1) is 25.9. The Kier molecular flexibility index (Phi) is 7.06. The van der Waals surface area contributed by atoms with Gasteiger partial charge in [0.25, 0.3) is 0 Å². The maximum atomic E-state index is 16.4. The summed E-state index contributed by atoms with van der Waals surface area (Å²) in [5.74, 6) is -0.370. The number of nitrogens with zero attached hydrogens (tertiary/aromatic N) is 5. The van der Waals surface area contributed by atoms with Crippen LogP contribution in [0.4, 0.5) is 14.6 Å². The van der Waals surface area contributed by atoms with Crippen molar-refractivity contribution in [1.82, 2.24) is 19.9 Å². The van der Waals surface area contributed by atoms with Crippen molar-refractivity contribution >= 4 is 27.5 Å². The van der Waals surface area contributed by atoms with E-state index < -0.39 is 11.6 Å². The van der Waals surface area contributed by atoms with Crippen molar-refractivity contribution in [2.45, 2.75) is 57.9 Å². The van der Waals surface area contributed by atoms with E-state index >= 15 is 4.39 Å². The van der Waals surface area contributed by atoms with Crippen molar-refractivity contribution < 1.29 is 13.5 Å². The standard InChI is InChI=1S/C31H35F2N5O/c1-3-15-37(16-4-2)29-23-19-34-27(22-11-5-9-21-10-6-12-24(32)25(21)22)26(33)28(23)35-30(36-29)39-20-31-13-7-17-38(31)18-8-14-31/h5-6,9-12,19H,3-4,7-8,13-18,20H2,1-2H3. The number of hydrogen-bond acceptors (Lipinski definition) is 6. The van der Waals surface area contributed by atoms with Gasteiger partial charge in [-0.05, 0) is 63.1 Å². The number of fused-ring (bicyclic) bond motifs is 3. The highest BCUT2D eigenvalue weighted by Crippen LogP contribution is 2.40. The second-order valence-electron chi connectivity index (χ2n) is 10.9. The lowest BCUT2D eigenvalue weighted by Gasteiger charge is -2.31. The maximum Gasteiger partial charge on any atom is 0.319 e. The van der Waals surface area contributed by atoms with Crippen molar-refractivity contribution in [1.29, 1.82) is 0 Å². The molecule has 0 N–H and O–H groups in total. The van der Waals surface area contributed by atoms with Crippen LogP contribution in [0.25, 0.3) is 32.9 Å². The molecule has 0 bridgehead atoms. The first-order chi connectivity index (χ1) is 19.0. The van der Waals surface area contributed by atoms with Gasteiger partial charge < -0.3 is 9.64 Å². The molecule has 2 aromatic carbocycles. The van der Waals surface area contributed by atoms with Crippen LogP contribution in [0, 0.1) is 11.6 Å². The van der Waals surface area contributed by atoms with E-state index in [1.807, 2.05) is 12.1 Å². The van der Waals surface area contributed by atoms with E-state index in [4.69, 9.17) is 9.72 Å². The normalized spacial score (nSPS) is 16.7. The zero-order valence-electron chi connectivity index (χ0n) is 22.7. The fourth-order valence-corrected chi connectivity index (χ4v) is 6.53. The first-order valence-electron chi connectivity index (χ1n) is 14.2. The Labute approximate surface area is 228 Å². The van der Waals surface area contributed by atoms with Gasteiger partial charge in [0.1, 0.15) is 29.5 Å². The SMILES string of the molecule is CCCN(CCC)c1nc(OCC23CCCN2CCC3)nc2c(F)c(-c3cccc4cccc(F)c34)ncc12. The van der Waals surface area contributed by atoms with Gasteiger partial charge in [0.15, 0.2) is 5.82 Å². The quantitative estimate of drug-likeness (QED) is 0.238. The van der Waals surface area contributed by atoms with E-state index in [9.17, 15) is 4.39 Å². The zero-order chi connectivity index (χ0) is 27.0. The highest BCUT2D eigenvalue weighted by Gasteiger charge is 2.45. The number of rotatable bonds is 9. The molecule has 0 saturated carbocycles. The first-order valence-corrected chi connectivity index (χ1v) is 14.2. The molecule has 0 atom stereocenters. The van der Waals surface area contributed by atoms with E-state index in [2.05, 4.69) is 33.6 Å². The molecule has 0 amide bonds. The van der Waals surface area contributed by atoms with Gasteiger partial charge in [0.2, 0.25) is 0 Å². The number of anilines is 1. The molecule has 0 radical (unpaired) electrons. The average Bonchev–Trinajstić information content (AvgIpc) is 3.52. The molecular formula is C31H35F2N5O. The topological polar surface area (TPSA) is 54.4 Å². The predicted octanol–water partition coefficient (Wildman–Crippen LogP) is 6.76. The Bertz CT molecular complexity index is 1490. The molecule has 4 aromatic rings. The van der Waals surface area contributed by atoms with E-state index in [0.29, 0.717) is 34.1 Å². The second kappa shape index (κ2) is 10.6. The Hall–Kier alpha value is -3.39. The van der Waals surface area contributed by atoms with Gasteiger partial charge in [-0.2, -0.15) is 9.97 Å². The molecule has 2 aliphatic heterocycles. The van der Waals surface area contributed by atoms with Crippen LogP contribution in [0.5, 0.6) is 6.01 Å². The van der Waals surface area contributed by atoms with Gasteiger partial charge >= 0.3 is 6.01 Å². The Balaban J connectivity index is 1.48. The van der Waals surface area contributed by atoms with Crippen LogP contribution in [0.3, 0.4) is 0 Å². The minimum absolute atomic E-state index is 0.0213. The van der Waals surface area contributed by atoms with Crippen molar-refractivity contribution in [3.05, 3.63) is 54.2 Å². The van der Waals surface area contributed by atoms with Gasteiger partial charge in [-0.1, -0.05) is 44.2 Å². The molecular weight excluding hydrogens is 496 g/mol. The third-order valence-corrected chi connectivity index (χ3v) is 8.32. The molecule has 6 rings (SSSR count). The summed E-state index contributed by atoms with van der Waals surface area (Å²) in [4.78, 5) is 18.6. The summed E-state index contributed by atoms with van der Waals surface area (Å²) < 4.78 is 37.6. The zero-order valence-corrected chi connectivity index (χ0v) is 22.7. The largest absolute Gasteiger partial charge is 0.461 e. The van der Waals surface area contributed by atoms with E-state index in [1.165, 1.54) is 18.9 Å². The van der Waals surface area contributed by atoms with Gasteiger partial charge in [-0.3, -0.25) is 9.88 Å². The summed E-state index contributed by atoms with van der Waals surface area (Å²) in [5.41, 5.74) is 0.645. The lowest BCUT2D eigenvalue weighted by Crippen LogP contribution is -2.43. The van der Waals surface area contributed by atoms with Crippen LogP contribution >= 0.6 is 0 Å². The Morgan fingerprint density at radius 3 is 2.41 bits per heavy atom. The molecule has 39 heavy (non-hydrogen) atoms. The van der Waals surface area contributed by atoms with Crippen molar-refractivity contribution in [2.24, 2.45) is 0 Å². The van der Waals surface area contributed by atoms with Gasteiger partial charge in [-0.15, -0.1) is 0 Å². The van der Waals surface area contributed by atoms with Crippen LogP contribution in [-0.2, 0) is 0 Å². The average molecular weight is 532 g/mol. The molecule has 2 aromatic heterocycles. The molecule has 8 heteroatoms. The molecule has 0 unspecified atom stereocenters. The van der Waals surface area contributed by atoms with Crippen LogP contribution in [0.15, 0.2) is 42.6 Å². The molecule has 0 aliphatic carbocycles. The number of aromatic nitrogens is 3. The molecule has 2 saturated heterocycles. The van der Waals surface area contributed by atoms with Crippen LogP contribution in [-0.4, -0.2) is 58.2 Å². The summed E-state index contributed by atoms with van der Waals surface area (Å²) >= 11 is 0. The molecule has 0 spiro atoms. The third-order valence-electron chi connectivity index (χ3n) is 8.32. The fraction of sp³-hybridized carbons (Fsp3) is 0.452. The number of pyridine rings is 1. The Morgan fingerprint density at radius 2 is 1.69 bits per heavy atom.